The van der Waals surface area contributed by atoms with Gasteiger partial charge in [-0.05, 0) is 57.6 Å². The highest BCUT2D eigenvalue weighted by atomic mass is 32.2. The Morgan fingerprint density at radius 2 is 1.95 bits per heavy atom. The molecule has 1 saturated heterocycles. The van der Waals surface area contributed by atoms with Gasteiger partial charge >= 0.3 is 0 Å². The van der Waals surface area contributed by atoms with E-state index in [0.717, 1.165) is 32.0 Å². The zero-order chi connectivity index (χ0) is 14.9. The van der Waals surface area contributed by atoms with Gasteiger partial charge in [-0.15, -0.1) is 0 Å². The minimum atomic E-state index is -3.66. The average molecular weight is 301 g/mol. The molecule has 7 heteroatoms. The van der Waals surface area contributed by atoms with Crippen LogP contribution in [0, 0.1) is 12.7 Å². The molecular weight excluding hydrogens is 281 g/mol. The number of piperidine rings is 1. The summed E-state index contributed by atoms with van der Waals surface area (Å²) < 4.78 is 40.7. The summed E-state index contributed by atoms with van der Waals surface area (Å²) in [6, 6.07) is 2.25. The first kappa shape index (κ1) is 15.2. The van der Waals surface area contributed by atoms with Gasteiger partial charge in [-0.25, -0.2) is 17.5 Å². The minimum absolute atomic E-state index is 0.0512. The van der Waals surface area contributed by atoms with Crippen molar-refractivity contribution in [2.24, 2.45) is 0 Å². The third-order valence-electron chi connectivity index (χ3n) is 3.62. The zero-order valence-corrected chi connectivity index (χ0v) is 12.5. The van der Waals surface area contributed by atoms with E-state index in [1.54, 1.807) is 6.92 Å². The number of anilines is 1. The van der Waals surface area contributed by atoms with Crippen LogP contribution in [0.5, 0.6) is 0 Å². The van der Waals surface area contributed by atoms with Crippen LogP contribution in [0.15, 0.2) is 17.0 Å². The second-order valence-corrected chi connectivity index (χ2v) is 7.02. The lowest BCUT2D eigenvalue weighted by molar-refractivity contribution is 0.248. The average Bonchev–Trinajstić information content (AvgIpc) is 2.36. The van der Waals surface area contributed by atoms with Crippen LogP contribution in [-0.2, 0) is 10.0 Å². The molecule has 0 unspecified atom stereocenters. The molecule has 1 aromatic carbocycles. The van der Waals surface area contributed by atoms with Gasteiger partial charge in [-0.3, -0.25) is 0 Å². The van der Waals surface area contributed by atoms with Gasteiger partial charge in [0, 0.05) is 6.04 Å². The molecule has 0 bridgehead atoms. The number of nitrogens with zero attached hydrogens (tertiary/aromatic N) is 1. The first-order chi connectivity index (χ1) is 9.29. The monoisotopic (exact) mass is 301 g/mol. The number of nitrogens with one attached hydrogen (secondary N) is 1. The van der Waals surface area contributed by atoms with E-state index in [4.69, 9.17) is 5.73 Å². The Balaban J connectivity index is 2.20. The summed E-state index contributed by atoms with van der Waals surface area (Å²) in [6.07, 6.45) is 1.54. The maximum atomic E-state index is 13.3. The normalized spacial score (nSPS) is 18.4. The predicted molar refractivity (Wildman–Crippen MR) is 76.4 cm³/mol. The molecule has 1 aliphatic rings. The molecule has 1 aromatic rings. The van der Waals surface area contributed by atoms with E-state index >= 15 is 0 Å². The molecule has 1 aliphatic heterocycles. The van der Waals surface area contributed by atoms with Crippen molar-refractivity contribution in [1.29, 1.82) is 0 Å². The number of rotatable bonds is 3. The number of nitrogens with two attached hydrogens (primary N) is 1. The minimum Gasteiger partial charge on any atom is -0.396 e. The summed E-state index contributed by atoms with van der Waals surface area (Å²) >= 11 is 0. The van der Waals surface area contributed by atoms with Crippen LogP contribution in [0.4, 0.5) is 10.1 Å². The van der Waals surface area contributed by atoms with E-state index < -0.39 is 15.8 Å². The van der Waals surface area contributed by atoms with Crippen LogP contribution in [0.1, 0.15) is 18.4 Å². The van der Waals surface area contributed by atoms with Crippen molar-refractivity contribution < 1.29 is 12.8 Å². The van der Waals surface area contributed by atoms with Crippen molar-refractivity contribution in [3.8, 4) is 0 Å². The number of likely N-dealkylation sites (tertiary alicyclic amines) is 1. The van der Waals surface area contributed by atoms with E-state index in [2.05, 4.69) is 9.62 Å². The number of benzene rings is 1. The number of halogens is 1. The van der Waals surface area contributed by atoms with E-state index in [1.807, 2.05) is 7.05 Å². The van der Waals surface area contributed by atoms with Crippen molar-refractivity contribution in [3.63, 3.8) is 0 Å². The molecule has 0 saturated carbocycles. The fourth-order valence-electron chi connectivity index (χ4n) is 2.37. The molecule has 1 heterocycles. The number of aryl methyl sites for hydroxylation is 1. The molecule has 0 radical (unpaired) electrons. The van der Waals surface area contributed by atoms with Crippen LogP contribution >= 0.6 is 0 Å². The molecule has 0 aliphatic carbocycles. The maximum Gasteiger partial charge on any atom is 0.241 e. The Morgan fingerprint density at radius 1 is 1.35 bits per heavy atom. The number of sulfonamides is 1. The van der Waals surface area contributed by atoms with Crippen LogP contribution in [0.3, 0.4) is 0 Å². The molecular formula is C13H20FN3O2S. The van der Waals surface area contributed by atoms with E-state index in [0.29, 0.717) is 5.56 Å². The largest absolute Gasteiger partial charge is 0.396 e. The smallest absolute Gasteiger partial charge is 0.241 e. The van der Waals surface area contributed by atoms with E-state index in [-0.39, 0.29) is 16.6 Å². The Kier molecular flexibility index (Phi) is 4.31. The van der Waals surface area contributed by atoms with Gasteiger partial charge in [-0.2, -0.15) is 0 Å². The molecule has 1 fully saturated rings. The second-order valence-electron chi connectivity index (χ2n) is 5.34. The lowest BCUT2D eigenvalue weighted by atomic mass is 10.1. The molecule has 5 nitrogen and oxygen atoms in total. The van der Waals surface area contributed by atoms with Crippen molar-refractivity contribution in [1.82, 2.24) is 9.62 Å². The molecule has 0 atom stereocenters. The molecule has 3 N–H and O–H groups in total. The summed E-state index contributed by atoms with van der Waals surface area (Å²) in [5.41, 5.74) is 5.67. The van der Waals surface area contributed by atoms with Crippen molar-refractivity contribution in [2.45, 2.75) is 30.7 Å². The van der Waals surface area contributed by atoms with Crippen LogP contribution in [0.25, 0.3) is 0 Å². The SMILES string of the molecule is Cc1cc(F)c(N)cc1S(=O)(=O)NC1CCN(C)CC1. The Bertz CT molecular complexity index is 596. The van der Waals surface area contributed by atoms with Crippen LogP contribution in [-0.4, -0.2) is 39.5 Å². The van der Waals surface area contributed by atoms with Gasteiger partial charge in [0.2, 0.25) is 10.0 Å². The molecule has 2 rings (SSSR count). The summed E-state index contributed by atoms with van der Waals surface area (Å²) in [7, 11) is -1.65. The highest BCUT2D eigenvalue weighted by Gasteiger charge is 2.25. The van der Waals surface area contributed by atoms with Gasteiger partial charge in [-0.1, -0.05) is 0 Å². The van der Waals surface area contributed by atoms with Crippen molar-refractivity contribution in [3.05, 3.63) is 23.5 Å². The molecule has 20 heavy (non-hydrogen) atoms. The fraction of sp³-hybridized carbons (Fsp3) is 0.538. The standard InChI is InChI=1S/C13H20FN3O2S/c1-9-7-11(14)12(15)8-13(9)20(18,19)16-10-3-5-17(2)6-4-10/h7-8,10,16H,3-6,15H2,1-2H3. The zero-order valence-electron chi connectivity index (χ0n) is 11.7. The van der Waals surface area contributed by atoms with Crippen LogP contribution in [0.2, 0.25) is 0 Å². The predicted octanol–water partition coefficient (Wildman–Crippen LogP) is 1.09. The van der Waals surface area contributed by atoms with Crippen molar-refractivity contribution in [2.75, 3.05) is 25.9 Å². The topological polar surface area (TPSA) is 75.4 Å². The van der Waals surface area contributed by atoms with Gasteiger partial charge < -0.3 is 10.6 Å². The number of hydrogen-bond acceptors (Lipinski definition) is 4. The third-order valence-corrected chi connectivity index (χ3v) is 5.29. The van der Waals surface area contributed by atoms with Gasteiger partial charge in [0.25, 0.3) is 0 Å². The highest BCUT2D eigenvalue weighted by molar-refractivity contribution is 7.89. The Labute approximate surface area is 119 Å². The summed E-state index contributed by atoms with van der Waals surface area (Å²) in [5, 5.41) is 0. The Morgan fingerprint density at radius 3 is 2.55 bits per heavy atom. The first-order valence-electron chi connectivity index (χ1n) is 6.56. The first-order valence-corrected chi connectivity index (χ1v) is 8.04. The maximum absolute atomic E-state index is 13.3. The highest BCUT2D eigenvalue weighted by Crippen LogP contribution is 2.22. The summed E-state index contributed by atoms with van der Waals surface area (Å²) in [5.74, 6) is -0.597. The lowest BCUT2D eigenvalue weighted by Gasteiger charge is -2.29. The summed E-state index contributed by atoms with van der Waals surface area (Å²) in [4.78, 5) is 2.21. The third kappa shape index (κ3) is 3.28. The number of nitrogen functional groups attached to an aromatic ring is 1. The van der Waals surface area contributed by atoms with Gasteiger partial charge in [0.15, 0.2) is 0 Å². The fourth-order valence-corrected chi connectivity index (χ4v) is 3.93. The van der Waals surface area contributed by atoms with Gasteiger partial charge in [0.1, 0.15) is 5.82 Å². The van der Waals surface area contributed by atoms with Gasteiger partial charge in [0.05, 0.1) is 10.6 Å². The molecule has 0 aromatic heterocycles. The lowest BCUT2D eigenvalue weighted by Crippen LogP contribution is -2.43. The quantitative estimate of drug-likeness (QED) is 0.820. The molecule has 112 valence electrons. The Hall–Kier alpha value is -1.18. The van der Waals surface area contributed by atoms with E-state index in [9.17, 15) is 12.8 Å². The van der Waals surface area contributed by atoms with E-state index in [1.165, 1.54) is 6.07 Å². The molecule has 0 spiro atoms. The van der Waals surface area contributed by atoms with Crippen LogP contribution < -0.4 is 10.5 Å². The second kappa shape index (κ2) is 5.67. The molecule has 0 amide bonds. The number of hydrogen-bond donors (Lipinski definition) is 2. The summed E-state index contributed by atoms with van der Waals surface area (Å²) in [6.45, 7) is 3.28. The van der Waals surface area contributed by atoms with Crippen molar-refractivity contribution >= 4 is 15.7 Å².